The van der Waals surface area contributed by atoms with E-state index in [0.29, 0.717) is 12.0 Å². The number of hydrogen-bond donors (Lipinski definition) is 1. The summed E-state index contributed by atoms with van der Waals surface area (Å²) in [4.78, 5) is 24.5. The Morgan fingerprint density at radius 2 is 1.90 bits per heavy atom. The van der Waals surface area contributed by atoms with Gasteiger partial charge in [0.05, 0.1) is 0 Å². The normalized spacial score (nSPS) is 19.0. The molecule has 2 aromatic rings. The maximum absolute atomic E-state index is 12.8. The van der Waals surface area contributed by atoms with Gasteiger partial charge in [-0.1, -0.05) is 39.0 Å². The van der Waals surface area contributed by atoms with Gasteiger partial charge in [0.1, 0.15) is 29.2 Å². The number of amides is 1. The summed E-state index contributed by atoms with van der Waals surface area (Å²) in [5.41, 5.74) is 2.53. The van der Waals surface area contributed by atoms with Crippen LogP contribution in [0.25, 0.3) is 0 Å². The number of rotatable bonds is 6. The molecule has 158 valence electrons. The van der Waals surface area contributed by atoms with Crippen molar-refractivity contribution in [1.29, 1.82) is 0 Å². The van der Waals surface area contributed by atoms with E-state index in [9.17, 15) is 4.79 Å². The second-order valence-corrected chi connectivity index (χ2v) is 10.00. The number of benzene rings is 1. The SMILES string of the molecule is CSC1(Cl)C=C(COc2ccc(C(C)(C)C)cc2)C(C(=O)Nc2ncncn2)=CC1. The Morgan fingerprint density at radius 1 is 1.23 bits per heavy atom. The summed E-state index contributed by atoms with van der Waals surface area (Å²) in [6.45, 7) is 6.72. The van der Waals surface area contributed by atoms with Crippen LogP contribution in [0, 0.1) is 0 Å². The molecule has 0 saturated heterocycles. The molecule has 3 rings (SSSR count). The number of aromatic nitrogens is 3. The van der Waals surface area contributed by atoms with Crippen molar-refractivity contribution < 1.29 is 9.53 Å². The molecule has 30 heavy (non-hydrogen) atoms. The minimum absolute atomic E-state index is 0.0734. The van der Waals surface area contributed by atoms with Crippen molar-refractivity contribution in [3.63, 3.8) is 0 Å². The molecule has 8 heteroatoms. The number of thioether (sulfide) groups is 1. The molecule has 1 aliphatic carbocycles. The molecule has 0 bridgehead atoms. The van der Waals surface area contributed by atoms with E-state index >= 15 is 0 Å². The summed E-state index contributed by atoms with van der Waals surface area (Å²) in [7, 11) is 0. The van der Waals surface area contributed by atoms with Crippen LogP contribution >= 0.6 is 23.4 Å². The number of hydrogen-bond acceptors (Lipinski definition) is 6. The van der Waals surface area contributed by atoms with Crippen LogP contribution in [-0.4, -0.2) is 37.9 Å². The van der Waals surface area contributed by atoms with Gasteiger partial charge < -0.3 is 4.74 Å². The Balaban J connectivity index is 1.75. The predicted molar refractivity (Wildman–Crippen MR) is 122 cm³/mol. The van der Waals surface area contributed by atoms with Crippen molar-refractivity contribution >= 4 is 35.2 Å². The molecule has 1 heterocycles. The number of carbonyl (C=O) groups is 1. The van der Waals surface area contributed by atoms with Crippen LogP contribution in [-0.2, 0) is 10.2 Å². The fourth-order valence-corrected chi connectivity index (χ4v) is 3.67. The topological polar surface area (TPSA) is 77.0 Å². The quantitative estimate of drug-likeness (QED) is 0.648. The molecular weight excluding hydrogens is 420 g/mol. The number of ether oxygens (including phenoxy) is 1. The fourth-order valence-electron chi connectivity index (χ4n) is 2.95. The minimum atomic E-state index is -0.605. The molecule has 1 unspecified atom stereocenters. The molecule has 0 spiro atoms. The van der Waals surface area contributed by atoms with Crippen molar-refractivity contribution in [1.82, 2.24) is 15.0 Å². The molecule has 1 aromatic heterocycles. The third kappa shape index (κ3) is 5.61. The van der Waals surface area contributed by atoms with Crippen molar-refractivity contribution in [3.8, 4) is 5.75 Å². The van der Waals surface area contributed by atoms with Gasteiger partial charge in [-0.15, -0.1) is 23.4 Å². The zero-order valence-electron chi connectivity index (χ0n) is 17.5. The Bertz CT molecular complexity index is 955. The standard InChI is InChI=1S/C22H25ClN4O2S/c1-21(2,3)16-5-7-17(8-6-16)29-12-15-11-22(23,30-4)10-9-18(15)19(28)27-20-25-13-24-14-26-20/h5-9,11,13-14H,10,12H2,1-4H3,(H,24,25,26,27,28). The lowest BCUT2D eigenvalue weighted by atomic mass is 9.87. The summed E-state index contributed by atoms with van der Waals surface area (Å²) in [5, 5.41) is 2.69. The molecular formula is C22H25ClN4O2S. The highest BCUT2D eigenvalue weighted by molar-refractivity contribution is 8.01. The first-order valence-corrected chi connectivity index (χ1v) is 11.1. The first-order chi connectivity index (χ1) is 14.2. The van der Waals surface area contributed by atoms with E-state index in [4.69, 9.17) is 16.3 Å². The summed E-state index contributed by atoms with van der Waals surface area (Å²) in [6, 6.07) is 8.01. The van der Waals surface area contributed by atoms with Gasteiger partial charge in [-0.2, -0.15) is 0 Å². The Kier molecular flexibility index (Phi) is 6.83. The number of allylic oxidation sites excluding steroid dienone is 1. The minimum Gasteiger partial charge on any atom is -0.489 e. The number of carbonyl (C=O) groups excluding carboxylic acids is 1. The van der Waals surface area contributed by atoms with Gasteiger partial charge >= 0.3 is 0 Å². The molecule has 1 aromatic carbocycles. The van der Waals surface area contributed by atoms with E-state index in [2.05, 4.69) is 53.2 Å². The smallest absolute Gasteiger partial charge is 0.258 e. The molecule has 1 aliphatic rings. The molecule has 0 fully saturated rings. The third-order valence-corrected chi connectivity index (χ3v) is 6.43. The van der Waals surface area contributed by atoms with Crippen LogP contribution in [0.5, 0.6) is 5.75 Å². The van der Waals surface area contributed by atoms with Gasteiger partial charge in [0, 0.05) is 11.1 Å². The zero-order valence-corrected chi connectivity index (χ0v) is 19.0. The highest BCUT2D eigenvalue weighted by Gasteiger charge is 2.30. The van der Waals surface area contributed by atoms with Crippen LogP contribution in [0.2, 0.25) is 0 Å². The van der Waals surface area contributed by atoms with E-state index in [0.717, 1.165) is 11.3 Å². The van der Waals surface area contributed by atoms with E-state index < -0.39 is 4.21 Å². The van der Waals surface area contributed by atoms with Crippen LogP contribution in [0.15, 0.2) is 60.2 Å². The van der Waals surface area contributed by atoms with E-state index in [1.807, 2.05) is 30.5 Å². The Hall–Kier alpha value is -2.38. The maximum Gasteiger partial charge on any atom is 0.258 e. The molecule has 1 amide bonds. The van der Waals surface area contributed by atoms with E-state index in [-0.39, 0.29) is 23.9 Å². The Morgan fingerprint density at radius 3 is 2.50 bits per heavy atom. The van der Waals surface area contributed by atoms with Crippen molar-refractivity contribution in [2.75, 3.05) is 18.2 Å². The Labute approximate surface area is 186 Å². The molecule has 1 atom stereocenters. The van der Waals surface area contributed by atoms with E-state index in [1.165, 1.54) is 30.0 Å². The van der Waals surface area contributed by atoms with Gasteiger partial charge in [0.25, 0.3) is 5.91 Å². The van der Waals surface area contributed by atoms with Gasteiger partial charge in [0.15, 0.2) is 0 Å². The number of nitrogens with one attached hydrogen (secondary N) is 1. The number of anilines is 1. The first kappa shape index (κ1) is 22.3. The zero-order chi connectivity index (χ0) is 21.8. The molecule has 0 aliphatic heterocycles. The highest BCUT2D eigenvalue weighted by Crippen LogP contribution is 2.40. The molecule has 6 nitrogen and oxygen atoms in total. The molecule has 0 saturated carbocycles. The summed E-state index contributed by atoms with van der Waals surface area (Å²) >= 11 is 8.18. The lowest BCUT2D eigenvalue weighted by Crippen LogP contribution is -2.26. The average Bonchev–Trinajstić information content (AvgIpc) is 2.72. The van der Waals surface area contributed by atoms with Gasteiger partial charge in [-0.05, 0) is 41.9 Å². The van der Waals surface area contributed by atoms with Crippen LogP contribution < -0.4 is 10.1 Å². The molecule has 1 N–H and O–H groups in total. The second-order valence-electron chi connectivity index (χ2n) is 7.96. The molecule has 0 radical (unpaired) electrons. The number of nitrogens with zero attached hydrogens (tertiary/aromatic N) is 3. The van der Waals surface area contributed by atoms with E-state index in [1.54, 1.807) is 0 Å². The lowest BCUT2D eigenvalue weighted by molar-refractivity contribution is -0.112. The van der Waals surface area contributed by atoms with Crippen LogP contribution in [0.4, 0.5) is 5.95 Å². The second kappa shape index (κ2) is 9.18. The van der Waals surface area contributed by atoms with Crippen molar-refractivity contribution in [2.24, 2.45) is 0 Å². The van der Waals surface area contributed by atoms with Crippen LogP contribution in [0.3, 0.4) is 0 Å². The summed E-state index contributed by atoms with van der Waals surface area (Å²) in [6.07, 6.45) is 8.86. The largest absolute Gasteiger partial charge is 0.489 e. The van der Waals surface area contributed by atoms with Crippen molar-refractivity contribution in [2.45, 2.75) is 36.8 Å². The predicted octanol–water partition coefficient (Wildman–Crippen LogP) is 4.74. The number of alkyl halides is 1. The maximum atomic E-state index is 12.8. The van der Waals surface area contributed by atoms with Gasteiger partial charge in [-0.25, -0.2) is 15.0 Å². The fraction of sp³-hybridized carbons (Fsp3) is 0.364. The van der Waals surface area contributed by atoms with Gasteiger partial charge in [0.2, 0.25) is 5.95 Å². The van der Waals surface area contributed by atoms with Gasteiger partial charge in [-0.3, -0.25) is 10.1 Å². The monoisotopic (exact) mass is 444 g/mol. The lowest BCUT2D eigenvalue weighted by Gasteiger charge is -2.27. The van der Waals surface area contributed by atoms with Crippen molar-refractivity contribution in [3.05, 3.63) is 65.8 Å². The highest BCUT2D eigenvalue weighted by atomic mass is 35.5. The summed E-state index contributed by atoms with van der Waals surface area (Å²) in [5.74, 6) is 0.622. The number of halogens is 1. The first-order valence-electron chi connectivity index (χ1n) is 9.53. The third-order valence-electron chi connectivity index (χ3n) is 4.74. The average molecular weight is 445 g/mol. The summed E-state index contributed by atoms with van der Waals surface area (Å²) < 4.78 is 5.38. The van der Waals surface area contributed by atoms with Crippen LogP contribution in [0.1, 0.15) is 32.8 Å².